The third-order valence-electron chi connectivity index (χ3n) is 3.01. The molecule has 0 aromatic heterocycles. The molecule has 1 aromatic rings. The average molecular weight is 302 g/mol. The lowest BCUT2D eigenvalue weighted by atomic mass is 10.1. The Morgan fingerprint density at radius 1 is 1.32 bits per heavy atom. The number of rotatable bonds is 6. The predicted molar refractivity (Wildman–Crippen MR) is 80.6 cm³/mol. The second-order valence-electron chi connectivity index (χ2n) is 4.67. The van der Waals surface area contributed by atoms with Gasteiger partial charge >= 0.3 is 0 Å². The fourth-order valence-corrected chi connectivity index (χ4v) is 2.42. The lowest BCUT2D eigenvalue weighted by Gasteiger charge is -2.21. The summed E-state index contributed by atoms with van der Waals surface area (Å²) < 4.78 is 0. The second kappa shape index (κ2) is 7.78. The zero-order valence-electron chi connectivity index (χ0n) is 11.4. The number of thioether (sulfide) groups is 1. The molecule has 5 heteroatoms. The maximum Gasteiger partial charge on any atom is 0.233 e. The van der Waals surface area contributed by atoms with Crippen molar-refractivity contribution < 1.29 is 9.90 Å². The van der Waals surface area contributed by atoms with Gasteiger partial charge in [0, 0.05) is 22.6 Å². The lowest BCUT2D eigenvalue weighted by Crippen LogP contribution is -2.41. The molecule has 0 saturated heterocycles. The van der Waals surface area contributed by atoms with Crippen molar-refractivity contribution in [3.8, 4) is 0 Å². The highest BCUT2D eigenvalue weighted by atomic mass is 35.5. The molecule has 0 radical (unpaired) electrons. The first-order valence-electron chi connectivity index (χ1n) is 6.27. The van der Waals surface area contributed by atoms with Crippen molar-refractivity contribution in [2.45, 2.75) is 37.0 Å². The molecule has 0 saturated carbocycles. The first-order valence-corrected chi connectivity index (χ1v) is 7.53. The van der Waals surface area contributed by atoms with Crippen LogP contribution in [0.5, 0.6) is 0 Å². The van der Waals surface area contributed by atoms with E-state index in [1.54, 1.807) is 0 Å². The minimum atomic E-state index is -0.186. The molecular weight excluding hydrogens is 282 g/mol. The molecule has 106 valence electrons. The molecule has 19 heavy (non-hydrogen) atoms. The Morgan fingerprint density at radius 2 is 1.89 bits per heavy atom. The molecule has 1 amide bonds. The fraction of sp³-hybridized carbons (Fsp3) is 0.500. The van der Waals surface area contributed by atoms with Gasteiger partial charge < -0.3 is 10.4 Å². The van der Waals surface area contributed by atoms with Crippen LogP contribution in [0.25, 0.3) is 0 Å². The quantitative estimate of drug-likeness (QED) is 0.794. The van der Waals surface area contributed by atoms with Crippen LogP contribution in [-0.4, -0.2) is 28.9 Å². The van der Waals surface area contributed by atoms with Gasteiger partial charge in [-0.1, -0.05) is 18.5 Å². The highest BCUT2D eigenvalue weighted by Gasteiger charge is 2.19. The summed E-state index contributed by atoms with van der Waals surface area (Å²) >= 11 is 7.31. The Labute approximate surface area is 123 Å². The van der Waals surface area contributed by atoms with Crippen LogP contribution in [0.2, 0.25) is 5.02 Å². The van der Waals surface area contributed by atoms with Gasteiger partial charge in [-0.3, -0.25) is 4.79 Å². The van der Waals surface area contributed by atoms with E-state index >= 15 is 0 Å². The van der Waals surface area contributed by atoms with Gasteiger partial charge in [0.15, 0.2) is 0 Å². The smallest absolute Gasteiger partial charge is 0.233 e. The molecule has 3 nitrogen and oxygen atoms in total. The van der Waals surface area contributed by atoms with E-state index in [0.29, 0.717) is 5.02 Å². The van der Waals surface area contributed by atoms with Crippen LogP contribution < -0.4 is 5.32 Å². The topological polar surface area (TPSA) is 49.3 Å². The van der Waals surface area contributed by atoms with E-state index in [9.17, 15) is 4.79 Å². The molecule has 0 fully saturated rings. The summed E-state index contributed by atoms with van der Waals surface area (Å²) in [7, 11) is 0. The van der Waals surface area contributed by atoms with E-state index in [1.807, 2.05) is 45.0 Å². The number of nitrogens with one attached hydrogen (secondary N) is 1. The van der Waals surface area contributed by atoms with Crippen molar-refractivity contribution in [3.63, 3.8) is 0 Å². The molecule has 3 unspecified atom stereocenters. The molecule has 0 spiro atoms. The number of amides is 1. The Kier molecular flexibility index (Phi) is 6.69. The summed E-state index contributed by atoms with van der Waals surface area (Å²) in [6.45, 7) is 5.74. The minimum absolute atomic E-state index is 0.0206. The molecule has 0 aliphatic rings. The van der Waals surface area contributed by atoms with Crippen LogP contribution in [0.1, 0.15) is 20.8 Å². The Morgan fingerprint density at radius 3 is 2.42 bits per heavy atom. The molecule has 1 aromatic carbocycles. The standard InChI is InChI=1S/C14H20ClNO2S/c1-9(8-17)10(2)16-14(18)11(3)19-13-6-4-12(15)5-7-13/h4-7,9-11,17H,8H2,1-3H3,(H,16,18). The van der Waals surface area contributed by atoms with Crippen LogP contribution in [0, 0.1) is 5.92 Å². The zero-order valence-corrected chi connectivity index (χ0v) is 13.0. The van der Waals surface area contributed by atoms with Crippen LogP contribution in [0.4, 0.5) is 0 Å². The first kappa shape index (κ1) is 16.3. The number of hydrogen-bond acceptors (Lipinski definition) is 3. The molecule has 1 rings (SSSR count). The summed E-state index contributed by atoms with van der Waals surface area (Å²) in [4.78, 5) is 13.0. The number of carbonyl (C=O) groups excluding carboxylic acids is 1. The van der Waals surface area contributed by atoms with Crippen molar-refractivity contribution in [2.75, 3.05) is 6.61 Å². The predicted octanol–water partition coefficient (Wildman–Crippen LogP) is 2.95. The third kappa shape index (κ3) is 5.43. The van der Waals surface area contributed by atoms with E-state index in [4.69, 9.17) is 16.7 Å². The van der Waals surface area contributed by atoms with Crippen molar-refractivity contribution >= 4 is 29.3 Å². The molecule has 3 atom stereocenters. The van der Waals surface area contributed by atoms with Crippen molar-refractivity contribution in [3.05, 3.63) is 29.3 Å². The zero-order chi connectivity index (χ0) is 14.4. The van der Waals surface area contributed by atoms with Gasteiger partial charge in [0.05, 0.1) is 5.25 Å². The van der Waals surface area contributed by atoms with Gasteiger partial charge in [0.25, 0.3) is 0 Å². The number of aliphatic hydroxyl groups excluding tert-OH is 1. The van der Waals surface area contributed by atoms with Crippen LogP contribution in [-0.2, 0) is 4.79 Å². The molecule has 0 aliphatic heterocycles. The maximum atomic E-state index is 12.0. The van der Waals surface area contributed by atoms with E-state index in [-0.39, 0.29) is 29.7 Å². The van der Waals surface area contributed by atoms with Gasteiger partial charge in [-0.25, -0.2) is 0 Å². The highest BCUT2D eigenvalue weighted by Crippen LogP contribution is 2.24. The SMILES string of the molecule is CC(Sc1ccc(Cl)cc1)C(=O)NC(C)C(C)CO. The van der Waals surface area contributed by atoms with Crippen LogP contribution >= 0.6 is 23.4 Å². The summed E-state index contributed by atoms with van der Waals surface area (Å²) in [5.41, 5.74) is 0. The van der Waals surface area contributed by atoms with E-state index in [0.717, 1.165) is 4.90 Å². The second-order valence-corrected chi connectivity index (χ2v) is 6.52. The number of carbonyl (C=O) groups is 1. The van der Waals surface area contributed by atoms with E-state index in [1.165, 1.54) is 11.8 Å². The van der Waals surface area contributed by atoms with E-state index in [2.05, 4.69) is 5.32 Å². The Bertz CT molecular complexity index is 410. The fourth-order valence-electron chi connectivity index (χ4n) is 1.41. The monoisotopic (exact) mass is 301 g/mol. The maximum absolute atomic E-state index is 12.0. The number of hydrogen-bond donors (Lipinski definition) is 2. The van der Waals surface area contributed by atoms with E-state index < -0.39 is 0 Å². The molecule has 0 aliphatic carbocycles. The Balaban J connectivity index is 2.51. The van der Waals surface area contributed by atoms with Gasteiger partial charge in [-0.2, -0.15) is 0 Å². The summed E-state index contributed by atoms with van der Waals surface area (Å²) in [6.07, 6.45) is 0. The summed E-state index contributed by atoms with van der Waals surface area (Å²) in [5.74, 6) is 0.0319. The number of aliphatic hydroxyl groups is 1. The van der Waals surface area contributed by atoms with Gasteiger partial charge in [-0.05, 0) is 44.0 Å². The lowest BCUT2D eigenvalue weighted by molar-refractivity contribution is -0.121. The highest BCUT2D eigenvalue weighted by molar-refractivity contribution is 8.00. The van der Waals surface area contributed by atoms with Crippen LogP contribution in [0.15, 0.2) is 29.2 Å². The molecular formula is C14H20ClNO2S. The van der Waals surface area contributed by atoms with Gasteiger partial charge in [-0.15, -0.1) is 11.8 Å². The summed E-state index contributed by atoms with van der Waals surface area (Å²) in [5, 5.41) is 12.5. The van der Waals surface area contributed by atoms with Gasteiger partial charge in [0.1, 0.15) is 0 Å². The minimum Gasteiger partial charge on any atom is -0.396 e. The molecule has 2 N–H and O–H groups in total. The normalized spacial score (nSPS) is 15.6. The third-order valence-corrected chi connectivity index (χ3v) is 4.37. The molecule has 0 bridgehead atoms. The van der Waals surface area contributed by atoms with Crippen LogP contribution in [0.3, 0.4) is 0 Å². The van der Waals surface area contributed by atoms with Crippen molar-refractivity contribution in [2.24, 2.45) is 5.92 Å². The van der Waals surface area contributed by atoms with Crippen molar-refractivity contribution in [1.29, 1.82) is 0 Å². The number of halogens is 1. The summed E-state index contributed by atoms with van der Waals surface area (Å²) in [6, 6.07) is 7.38. The Hall–Kier alpha value is -0.710. The largest absolute Gasteiger partial charge is 0.396 e. The average Bonchev–Trinajstić information content (AvgIpc) is 2.40. The van der Waals surface area contributed by atoms with Crippen molar-refractivity contribution in [1.82, 2.24) is 5.32 Å². The molecule has 0 heterocycles. The van der Waals surface area contributed by atoms with Gasteiger partial charge in [0.2, 0.25) is 5.91 Å². The number of benzene rings is 1. The first-order chi connectivity index (χ1) is 8.93.